The number of anilines is 1. The first-order chi connectivity index (χ1) is 7.81. The Morgan fingerprint density at radius 3 is 2.94 bits per heavy atom. The summed E-state index contributed by atoms with van der Waals surface area (Å²) >= 11 is 1.62. The largest absolute Gasteiger partial charge is 0.396 e. The smallest absolute Gasteiger partial charge is 0.237 e. The van der Waals surface area contributed by atoms with E-state index in [2.05, 4.69) is 5.32 Å². The van der Waals surface area contributed by atoms with Gasteiger partial charge in [-0.1, -0.05) is 12.1 Å². The number of rotatable bonds is 4. The molecule has 1 aliphatic rings. The van der Waals surface area contributed by atoms with Crippen LogP contribution in [0.1, 0.15) is 19.3 Å². The van der Waals surface area contributed by atoms with Crippen LogP contribution in [0.25, 0.3) is 0 Å². The lowest BCUT2D eigenvalue weighted by Crippen LogP contribution is -2.28. The van der Waals surface area contributed by atoms with Crippen LogP contribution in [0, 0.1) is 0 Å². The van der Waals surface area contributed by atoms with Crippen LogP contribution in [0.4, 0.5) is 5.69 Å². The summed E-state index contributed by atoms with van der Waals surface area (Å²) in [6, 6.07) is 7.85. The van der Waals surface area contributed by atoms with Gasteiger partial charge >= 0.3 is 0 Å². The van der Waals surface area contributed by atoms with Gasteiger partial charge in [0, 0.05) is 11.5 Å². The Kier molecular flexibility index (Phi) is 3.85. The Morgan fingerprint density at radius 2 is 2.12 bits per heavy atom. The van der Waals surface area contributed by atoms with E-state index in [1.165, 1.54) is 0 Å². The minimum absolute atomic E-state index is 0.0125. The molecule has 1 heterocycles. The molecular formula is C12H15NO2S. The number of carbonyl (C=O) groups is 1. The monoisotopic (exact) mass is 237 g/mol. The third-order valence-electron chi connectivity index (χ3n) is 2.58. The van der Waals surface area contributed by atoms with Crippen molar-refractivity contribution < 1.29 is 9.90 Å². The van der Waals surface area contributed by atoms with Gasteiger partial charge < -0.3 is 10.4 Å². The molecule has 0 saturated carbocycles. The summed E-state index contributed by atoms with van der Waals surface area (Å²) in [4.78, 5) is 12.9. The molecule has 1 aromatic carbocycles. The van der Waals surface area contributed by atoms with Crippen molar-refractivity contribution in [1.29, 1.82) is 0 Å². The van der Waals surface area contributed by atoms with Gasteiger partial charge in [0.25, 0.3) is 0 Å². The number of amides is 1. The van der Waals surface area contributed by atoms with Gasteiger partial charge in [0.2, 0.25) is 5.91 Å². The molecule has 86 valence electrons. The molecule has 0 aliphatic carbocycles. The van der Waals surface area contributed by atoms with Crippen LogP contribution in [0.5, 0.6) is 0 Å². The maximum atomic E-state index is 11.8. The zero-order chi connectivity index (χ0) is 11.4. The molecule has 1 aliphatic heterocycles. The Bertz CT molecular complexity index is 381. The van der Waals surface area contributed by atoms with Crippen LogP contribution in [-0.2, 0) is 4.79 Å². The van der Waals surface area contributed by atoms with Crippen molar-refractivity contribution in [2.75, 3.05) is 11.9 Å². The minimum atomic E-state index is -0.0125. The topological polar surface area (TPSA) is 49.3 Å². The second kappa shape index (κ2) is 5.37. The van der Waals surface area contributed by atoms with Crippen molar-refractivity contribution in [3.05, 3.63) is 24.3 Å². The molecule has 1 aromatic rings. The average Bonchev–Trinajstić information content (AvgIpc) is 2.30. The molecular weight excluding hydrogens is 222 g/mol. The van der Waals surface area contributed by atoms with E-state index in [1.54, 1.807) is 11.8 Å². The van der Waals surface area contributed by atoms with E-state index in [1.807, 2.05) is 24.3 Å². The molecule has 2 rings (SSSR count). The SMILES string of the molecule is O=C1Nc2ccccc2SC1CCCCO. The fourth-order valence-electron chi connectivity index (χ4n) is 1.72. The lowest BCUT2D eigenvalue weighted by Gasteiger charge is -2.23. The molecule has 4 heteroatoms. The number of hydrogen-bond donors (Lipinski definition) is 2. The summed E-state index contributed by atoms with van der Waals surface area (Å²) in [6.07, 6.45) is 2.49. The average molecular weight is 237 g/mol. The first-order valence-electron chi connectivity index (χ1n) is 5.48. The van der Waals surface area contributed by atoms with Gasteiger partial charge in [0.15, 0.2) is 0 Å². The first kappa shape index (κ1) is 11.5. The van der Waals surface area contributed by atoms with E-state index in [-0.39, 0.29) is 17.8 Å². The molecule has 1 amide bonds. The van der Waals surface area contributed by atoms with Crippen molar-refractivity contribution in [2.24, 2.45) is 0 Å². The number of benzene rings is 1. The number of aliphatic hydroxyl groups excluding tert-OH is 1. The fourth-order valence-corrected chi connectivity index (χ4v) is 2.88. The molecule has 0 radical (unpaired) electrons. The summed E-state index contributed by atoms with van der Waals surface area (Å²) in [5.74, 6) is 0.0849. The molecule has 0 bridgehead atoms. The van der Waals surface area contributed by atoms with Crippen LogP contribution < -0.4 is 5.32 Å². The van der Waals surface area contributed by atoms with E-state index in [9.17, 15) is 4.79 Å². The Labute approximate surface area is 99.2 Å². The van der Waals surface area contributed by atoms with Crippen molar-refractivity contribution in [1.82, 2.24) is 0 Å². The highest BCUT2D eigenvalue weighted by molar-refractivity contribution is 8.01. The zero-order valence-corrected chi connectivity index (χ0v) is 9.80. The molecule has 0 aromatic heterocycles. The summed E-state index contributed by atoms with van der Waals surface area (Å²) in [7, 11) is 0. The number of nitrogens with one attached hydrogen (secondary N) is 1. The van der Waals surface area contributed by atoms with E-state index in [4.69, 9.17) is 5.11 Å². The molecule has 0 saturated heterocycles. The zero-order valence-electron chi connectivity index (χ0n) is 8.98. The van der Waals surface area contributed by atoms with Gasteiger partial charge in [0.1, 0.15) is 0 Å². The minimum Gasteiger partial charge on any atom is -0.396 e. The summed E-state index contributed by atoms with van der Waals surface area (Å²) in [5, 5.41) is 11.6. The number of para-hydroxylation sites is 1. The van der Waals surface area contributed by atoms with Crippen molar-refractivity contribution in [2.45, 2.75) is 29.4 Å². The van der Waals surface area contributed by atoms with E-state index < -0.39 is 0 Å². The van der Waals surface area contributed by atoms with Crippen LogP contribution in [0.3, 0.4) is 0 Å². The standard InChI is InChI=1S/C12H15NO2S/c14-8-4-3-7-11-12(15)13-9-5-1-2-6-10(9)16-11/h1-2,5-6,11,14H,3-4,7-8H2,(H,13,15). The number of aliphatic hydroxyl groups is 1. The lowest BCUT2D eigenvalue weighted by atomic mass is 10.2. The van der Waals surface area contributed by atoms with Gasteiger partial charge in [-0.15, -0.1) is 11.8 Å². The maximum Gasteiger partial charge on any atom is 0.237 e. The maximum absolute atomic E-state index is 11.8. The van der Waals surface area contributed by atoms with Crippen molar-refractivity contribution in [3.8, 4) is 0 Å². The normalized spacial score (nSPS) is 19.1. The quantitative estimate of drug-likeness (QED) is 0.790. The van der Waals surface area contributed by atoms with Crippen molar-refractivity contribution in [3.63, 3.8) is 0 Å². The third-order valence-corrected chi connectivity index (χ3v) is 3.93. The highest BCUT2D eigenvalue weighted by Crippen LogP contribution is 2.37. The number of thioether (sulfide) groups is 1. The van der Waals surface area contributed by atoms with E-state index in [0.717, 1.165) is 29.8 Å². The molecule has 3 nitrogen and oxygen atoms in total. The molecule has 0 spiro atoms. The van der Waals surface area contributed by atoms with Gasteiger partial charge in [-0.05, 0) is 31.4 Å². The summed E-state index contributed by atoms with van der Waals surface area (Å²) in [6.45, 7) is 0.204. The van der Waals surface area contributed by atoms with Gasteiger partial charge in [-0.2, -0.15) is 0 Å². The second-order valence-electron chi connectivity index (χ2n) is 3.81. The van der Waals surface area contributed by atoms with Gasteiger partial charge in [-0.3, -0.25) is 4.79 Å². The molecule has 1 unspecified atom stereocenters. The van der Waals surface area contributed by atoms with Crippen molar-refractivity contribution >= 4 is 23.4 Å². The van der Waals surface area contributed by atoms with Crippen LogP contribution >= 0.6 is 11.8 Å². The predicted molar refractivity (Wildman–Crippen MR) is 65.7 cm³/mol. The highest BCUT2D eigenvalue weighted by Gasteiger charge is 2.25. The lowest BCUT2D eigenvalue weighted by molar-refractivity contribution is -0.115. The fraction of sp³-hybridized carbons (Fsp3) is 0.417. The highest BCUT2D eigenvalue weighted by atomic mass is 32.2. The van der Waals surface area contributed by atoms with E-state index in [0.29, 0.717) is 0 Å². The number of carbonyl (C=O) groups excluding carboxylic acids is 1. The number of hydrogen-bond acceptors (Lipinski definition) is 3. The second-order valence-corrected chi connectivity index (χ2v) is 5.06. The molecule has 1 atom stereocenters. The van der Waals surface area contributed by atoms with Gasteiger partial charge in [0.05, 0.1) is 10.9 Å². The molecule has 2 N–H and O–H groups in total. The Balaban J connectivity index is 2.01. The molecule has 16 heavy (non-hydrogen) atoms. The third kappa shape index (κ3) is 2.57. The van der Waals surface area contributed by atoms with Gasteiger partial charge in [-0.25, -0.2) is 0 Å². The number of fused-ring (bicyclic) bond motifs is 1. The predicted octanol–water partition coefficient (Wildman–Crippen LogP) is 2.26. The summed E-state index contributed by atoms with van der Waals surface area (Å²) < 4.78 is 0. The van der Waals surface area contributed by atoms with Crippen LogP contribution in [0.15, 0.2) is 29.2 Å². The molecule has 0 fully saturated rings. The van der Waals surface area contributed by atoms with E-state index >= 15 is 0 Å². The first-order valence-corrected chi connectivity index (χ1v) is 6.36. The van der Waals surface area contributed by atoms with Crippen LogP contribution in [-0.4, -0.2) is 22.9 Å². The number of unbranched alkanes of at least 4 members (excludes halogenated alkanes) is 1. The Hall–Kier alpha value is -1.00. The van der Waals surface area contributed by atoms with Crippen LogP contribution in [0.2, 0.25) is 0 Å². The Morgan fingerprint density at radius 1 is 1.31 bits per heavy atom. The summed E-state index contributed by atoms with van der Waals surface area (Å²) in [5.41, 5.74) is 0.913.